The second kappa shape index (κ2) is 7.96. The molecule has 0 heterocycles. The average molecular weight is 237 g/mol. The van der Waals surface area contributed by atoms with Crippen molar-refractivity contribution in [3.05, 3.63) is 24.3 Å². The van der Waals surface area contributed by atoms with Gasteiger partial charge in [-0.1, -0.05) is 26.3 Å². The highest BCUT2D eigenvalue weighted by atomic mass is 16.5. The first kappa shape index (κ1) is 13.8. The summed E-state index contributed by atoms with van der Waals surface area (Å²) in [6.45, 7) is 6.42. The molecule has 17 heavy (non-hydrogen) atoms. The van der Waals surface area contributed by atoms with Crippen LogP contribution in [0.5, 0.6) is 5.75 Å². The van der Waals surface area contributed by atoms with E-state index in [0.717, 1.165) is 18.0 Å². The standard InChI is InChI=1S/C14H23NO2/c1-3-5-12(2)11-16-8-9-17-14-7-4-6-13(15)10-14/h4,6-7,10,12H,3,5,8-9,11,15H2,1-2H3. The Bertz CT molecular complexity index is 315. The molecule has 0 spiro atoms. The van der Waals surface area contributed by atoms with E-state index in [4.69, 9.17) is 15.2 Å². The highest BCUT2D eigenvalue weighted by Gasteiger charge is 2.00. The number of hydrogen-bond acceptors (Lipinski definition) is 3. The molecule has 3 heteroatoms. The molecule has 0 radical (unpaired) electrons. The number of nitrogen functional groups attached to an aromatic ring is 1. The molecular formula is C14H23NO2. The molecule has 0 aromatic heterocycles. The molecule has 0 aliphatic carbocycles. The van der Waals surface area contributed by atoms with Crippen LogP contribution in [0.15, 0.2) is 24.3 Å². The van der Waals surface area contributed by atoms with Crippen LogP contribution in [-0.2, 0) is 4.74 Å². The molecule has 96 valence electrons. The maximum atomic E-state index is 5.65. The number of benzene rings is 1. The highest BCUT2D eigenvalue weighted by molar-refractivity contribution is 5.43. The minimum absolute atomic E-state index is 0.572. The maximum Gasteiger partial charge on any atom is 0.121 e. The van der Waals surface area contributed by atoms with Crippen molar-refractivity contribution in [2.45, 2.75) is 26.7 Å². The lowest BCUT2D eigenvalue weighted by molar-refractivity contribution is 0.0758. The first-order chi connectivity index (χ1) is 8.22. The van der Waals surface area contributed by atoms with E-state index in [9.17, 15) is 0 Å². The molecular weight excluding hydrogens is 214 g/mol. The molecule has 0 aliphatic heterocycles. The van der Waals surface area contributed by atoms with E-state index in [1.165, 1.54) is 12.8 Å². The second-order valence-electron chi connectivity index (χ2n) is 4.39. The maximum absolute atomic E-state index is 5.65. The van der Waals surface area contributed by atoms with Crippen LogP contribution in [0.4, 0.5) is 5.69 Å². The molecule has 0 aliphatic rings. The normalized spacial score (nSPS) is 12.4. The number of nitrogens with two attached hydrogens (primary N) is 1. The van der Waals surface area contributed by atoms with E-state index < -0.39 is 0 Å². The van der Waals surface area contributed by atoms with Crippen molar-refractivity contribution in [1.29, 1.82) is 0 Å². The van der Waals surface area contributed by atoms with Crippen LogP contribution in [0.25, 0.3) is 0 Å². The molecule has 1 aromatic rings. The van der Waals surface area contributed by atoms with Gasteiger partial charge in [-0.05, 0) is 24.5 Å². The summed E-state index contributed by atoms with van der Waals surface area (Å²) in [6.07, 6.45) is 2.43. The van der Waals surface area contributed by atoms with Crippen LogP contribution >= 0.6 is 0 Å². The molecule has 0 fully saturated rings. The number of rotatable bonds is 8. The van der Waals surface area contributed by atoms with Crippen LogP contribution in [-0.4, -0.2) is 19.8 Å². The second-order valence-corrected chi connectivity index (χ2v) is 4.39. The molecule has 1 aromatic carbocycles. The predicted molar refractivity (Wildman–Crippen MR) is 71.2 cm³/mol. The van der Waals surface area contributed by atoms with Crippen LogP contribution in [0.2, 0.25) is 0 Å². The Morgan fingerprint density at radius 2 is 2.12 bits per heavy atom. The van der Waals surface area contributed by atoms with Gasteiger partial charge in [0.15, 0.2) is 0 Å². The summed E-state index contributed by atoms with van der Waals surface area (Å²) in [4.78, 5) is 0. The van der Waals surface area contributed by atoms with Crippen molar-refractivity contribution in [3.8, 4) is 5.75 Å². The van der Waals surface area contributed by atoms with Crippen molar-refractivity contribution in [3.63, 3.8) is 0 Å². The van der Waals surface area contributed by atoms with Gasteiger partial charge < -0.3 is 15.2 Å². The van der Waals surface area contributed by atoms with Gasteiger partial charge in [0.1, 0.15) is 12.4 Å². The van der Waals surface area contributed by atoms with E-state index in [1.807, 2.05) is 24.3 Å². The summed E-state index contributed by atoms with van der Waals surface area (Å²) in [7, 11) is 0. The minimum Gasteiger partial charge on any atom is -0.491 e. The quantitative estimate of drug-likeness (QED) is 0.558. The van der Waals surface area contributed by atoms with Gasteiger partial charge in [-0.3, -0.25) is 0 Å². The third kappa shape index (κ3) is 6.17. The highest BCUT2D eigenvalue weighted by Crippen LogP contribution is 2.14. The van der Waals surface area contributed by atoms with Crippen molar-refractivity contribution < 1.29 is 9.47 Å². The fourth-order valence-electron chi connectivity index (χ4n) is 1.68. The van der Waals surface area contributed by atoms with Crippen LogP contribution in [0.1, 0.15) is 26.7 Å². The summed E-state index contributed by atoms with van der Waals surface area (Å²) in [5.74, 6) is 1.43. The Morgan fingerprint density at radius 1 is 1.29 bits per heavy atom. The summed E-state index contributed by atoms with van der Waals surface area (Å²) in [6, 6.07) is 7.44. The van der Waals surface area contributed by atoms with Gasteiger partial charge >= 0.3 is 0 Å². The van der Waals surface area contributed by atoms with Gasteiger partial charge in [-0.25, -0.2) is 0 Å². The van der Waals surface area contributed by atoms with Crippen molar-refractivity contribution >= 4 is 5.69 Å². The van der Waals surface area contributed by atoms with Gasteiger partial charge in [0, 0.05) is 18.4 Å². The predicted octanol–water partition coefficient (Wildman–Crippen LogP) is 3.10. The summed E-state index contributed by atoms with van der Waals surface area (Å²) in [5, 5.41) is 0. The Kier molecular flexibility index (Phi) is 6.48. The Balaban J connectivity index is 2.08. The lowest BCUT2D eigenvalue weighted by Crippen LogP contribution is -2.11. The van der Waals surface area contributed by atoms with Crippen molar-refractivity contribution in [2.75, 3.05) is 25.6 Å². The Morgan fingerprint density at radius 3 is 2.82 bits per heavy atom. The fraction of sp³-hybridized carbons (Fsp3) is 0.571. The third-order valence-corrected chi connectivity index (χ3v) is 2.54. The summed E-state index contributed by atoms with van der Waals surface area (Å²) >= 11 is 0. The molecule has 2 N–H and O–H groups in total. The van der Waals surface area contributed by atoms with E-state index >= 15 is 0 Å². The zero-order valence-electron chi connectivity index (χ0n) is 10.8. The lowest BCUT2D eigenvalue weighted by Gasteiger charge is -2.11. The minimum atomic E-state index is 0.572. The fourth-order valence-corrected chi connectivity index (χ4v) is 1.68. The van der Waals surface area contributed by atoms with E-state index in [2.05, 4.69) is 13.8 Å². The van der Waals surface area contributed by atoms with E-state index in [1.54, 1.807) is 0 Å². The van der Waals surface area contributed by atoms with Gasteiger partial charge in [0.25, 0.3) is 0 Å². The molecule has 0 bridgehead atoms. The largest absolute Gasteiger partial charge is 0.491 e. The molecule has 1 atom stereocenters. The van der Waals surface area contributed by atoms with Gasteiger partial charge in [-0.15, -0.1) is 0 Å². The molecule has 1 unspecified atom stereocenters. The Labute approximate surface area is 104 Å². The summed E-state index contributed by atoms with van der Waals surface area (Å²) < 4.78 is 11.1. The zero-order chi connectivity index (χ0) is 12.5. The van der Waals surface area contributed by atoms with E-state index in [0.29, 0.717) is 19.1 Å². The van der Waals surface area contributed by atoms with Crippen molar-refractivity contribution in [1.82, 2.24) is 0 Å². The SMILES string of the molecule is CCCC(C)COCCOc1cccc(N)c1. The number of ether oxygens (including phenoxy) is 2. The molecule has 0 saturated heterocycles. The van der Waals surface area contributed by atoms with Gasteiger partial charge in [0.05, 0.1) is 6.61 Å². The van der Waals surface area contributed by atoms with Crippen LogP contribution in [0.3, 0.4) is 0 Å². The Hall–Kier alpha value is -1.22. The average Bonchev–Trinajstić information content (AvgIpc) is 2.29. The van der Waals surface area contributed by atoms with Gasteiger partial charge in [0.2, 0.25) is 0 Å². The number of anilines is 1. The van der Waals surface area contributed by atoms with Crippen molar-refractivity contribution in [2.24, 2.45) is 5.92 Å². The third-order valence-electron chi connectivity index (χ3n) is 2.54. The van der Waals surface area contributed by atoms with E-state index in [-0.39, 0.29) is 0 Å². The number of hydrogen-bond donors (Lipinski definition) is 1. The molecule has 0 saturated carbocycles. The monoisotopic (exact) mass is 237 g/mol. The summed E-state index contributed by atoms with van der Waals surface area (Å²) in [5.41, 5.74) is 6.37. The lowest BCUT2D eigenvalue weighted by atomic mass is 10.1. The topological polar surface area (TPSA) is 44.5 Å². The smallest absolute Gasteiger partial charge is 0.121 e. The molecule has 3 nitrogen and oxygen atoms in total. The molecule has 1 rings (SSSR count). The van der Waals surface area contributed by atoms with Crippen LogP contribution in [0, 0.1) is 5.92 Å². The first-order valence-corrected chi connectivity index (χ1v) is 6.28. The first-order valence-electron chi connectivity index (χ1n) is 6.28. The molecule has 0 amide bonds. The van der Waals surface area contributed by atoms with Gasteiger partial charge in [-0.2, -0.15) is 0 Å². The van der Waals surface area contributed by atoms with Crippen LogP contribution < -0.4 is 10.5 Å². The zero-order valence-corrected chi connectivity index (χ0v) is 10.8.